The molecule has 0 bridgehead atoms. The van der Waals surface area contributed by atoms with Crippen LogP contribution in [-0.4, -0.2) is 54.2 Å². The molecule has 1 amide bonds. The smallest absolute Gasteiger partial charge is 0.226 e. The summed E-state index contributed by atoms with van der Waals surface area (Å²) in [6.45, 7) is 5.94. The van der Waals surface area contributed by atoms with Crippen molar-refractivity contribution >= 4 is 11.7 Å². The largest absolute Gasteiger partial charge is 0.340 e. The number of ketones is 1. The fourth-order valence-corrected chi connectivity index (χ4v) is 3.93. The molecule has 0 N–H and O–H groups in total. The van der Waals surface area contributed by atoms with Gasteiger partial charge in [0.15, 0.2) is 0 Å². The fraction of sp³-hybridized carbons (Fsp3) is 0.600. The van der Waals surface area contributed by atoms with E-state index in [1.54, 1.807) is 0 Å². The highest BCUT2D eigenvalue weighted by molar-refractivity contribution is 5.85. The van der Waals surface area contributed by atoms with Crippen LogP contribution in [0.3, 0.4) is 0 Å². The molecule has 1 saturated heterocycles. The second-order valence-corrected chi connectivity index (χ2v) is 7.65. The molecule has 1 aliphatic heterocycles. The molecular weight excluding hydrogens is 300 g/mol. The molecule has 3 aliphatic rings. The van der Waals surface area contributed by atoms with Gasteiger partial charge in [0.05, 0.1) is 6.54 Å². The maximum Gasteiger partial charge on any atom is 0.226 e. The van der Waals surface area contributed by atoms with Crippen molar-refractivity contribution < 1.29 is 9.59 Å². The first kappa shape index (κ1) is 15.8. The van der Waals surface area contributed by atoms with Crippen LogP contribution in [0.1, 0.15) is 36.3 Å². The fourth-order valence-electron chi connectivity index (χ4n) is 3.93. The molecule has 128 valence electrons. The number of aryl methyl sites for hydroxylation is 1. The van der Waals surface area contributed by atoms with E-state index >= 15 is 0 Å². The van der Waals surface area contributed by atoms with Crippen LogP contribution in [0.5, 0.6) is 0 Å². The Morgan fingerprint density at radius 2 is 1.79 bits per heavy atom. The van der Waals surface area contributed by atoms with Gasteiger partial charge in [0, 0.05) is 38.0 Å². The molecule has 2 atom stereocenters. The van der Waals surface area contributed by atoms with Gasteiger partial charge in [-0.05, 0) is 43.2 Å². The highest BCUT2D eigenvalue weighted by atomic mass is 16.2. The third-order valence-electron chi connectivity index (χ3n) is 5.79. The zero-order valence-electron chi connectivity index (χ0n) is 14.4. The Balaban J connectivity index is 1.28. The van der Waals surface area contributed by atoms with Crippen molar-refractivity contribution in [2.75, 3.05) is 32.7 Å². The molecule has 1 aromatic rings. The van der Waals surface area contributed by atoms with Gasteiger partial charge in [0.2, 0.25) is 5.91 Å². The second-order valence-electron chi connectivity index (χ2n) is 7.65. The summed E-state index contributed by atoms with van der Waals surface area (Å²) in [6, 6.07) is 8.41. The van der Waals surface area contributed by atoms with Crippen molar-refractivity contribution in [2.45, 2.75) is 32.1 Å². The topological polar surface area (TPSA) is 40.6 Å². The number of benzene rings is 1. The Kier molecular flexibility index (Phi) is 4.17. The van der Waals surface area contributed by atoms with Crippen LogP contribution in [0.4, 0.5) is 0 Å². The maximum absolute atomic E-state index is 12.7. The number of Topliss-reactive ketones (excluding diaryl/α,β-unsaturated/α-hetero) is 1. The zero-order valence-corrected chi connectivity index (χ0v) is 14.4. The first-order chi connectivity index (χ1) is 11.6. The van der Waals surface area contributed by atoms with Crippen LogP contribution < -0.4 is 0 Å². The van der Waals surface area contributed by atoms with Gasteiger partial charge in [0.25, 0.3) is 0 Å². The van der Waals surface area contributed by atoms with Crippen molar-refractivity contribution in [3.63, 3.8) is 0 Å². The van der Waals surface area contributed by atoms with Gasteiger partial charge in [-0.2, -0.15) is 0 Å². The van der Waals surface area contributed by atoms with Crippen molar-refractivity contribution in [3.05, 3.63) is 35.4 Å². The summed E-state index contributed by atoms with van der Waals surface area (Å²) >= 11 is 0. The lowest BCUT2D eigenvalue weighted by molar-refractivity contribution is -0.134. The van der Waals surface area contributed by atoms with Gasteiger partial charge >= 0.3 is 0 Å². The summed E-state index contributed by atoms with van der Waals surface area (Å²) in [5.74, 6) is 1.64. The first-order valence-corrected chi connectivity index (χ1v) is 9.23. The van der Waals surface area contributed by atoms with Gasteiger partial charge in [-0.1, -0.05) is 24.3 Å². The summed E-state index contributed by atoms with van der Waals surface area (Å²) in [6.07, 6.45) is 3.16. The Hall–Kier alpha value is -1.68. The minimum Gasteiger partial charge on any atom is -0.340 e. The lowest BCUT2D eigenvalue weighted by Gasteiger charge is -2.34. The molecule has 0 aromatic heterocycles. The highest BCUT2D eigenvalue weighted by Gasteiger charge is 2.46. The Labute approximate surface area is 143 Å². The molecule has 3 fully saturated rings. The van der Waals surface area contributed by atoms with E-state index in [-0.39, 0.29) is 5.92 Å². The number of carbonyl (C=O) groups excluding carboxylic acids is 2. The molecule has 0 unspecified atom stereocenters. The van der Waals surface area contributed by atoms with Crippen LogP contribution in [0.2, 0.25) is 0 Å². The monoisotopic (exact) mass is 326 g/mol. The number of amides is 1. The number of hydrogen-bond donors (Lipinski definition) is 0. The average molecular weight is 326 g/mol. The normalized spacial score (nSPS) is 27.1. The summed E-state index contributed by atoms with van der Waals surface area (Å²) in [5, 5.41) is 0. The van der Waals surface area contributed by atoms with Gasteiger partial charge in [-0.25, -0.2) is 0 Å². The molecule has 0 radical (unpaired) electrons. The Bertz CT molecular complexity index is 645. The Morgan fingerprint density at radius 1 is 1.08 bits per heavy atom. The lowest BCUT2D eigenvalue weighted by atomic mass is 10.0. The minimum absolute atomic E-state index is 0.172. The van der Waals surface area contributed by atoms with E-state index in [4.69, 9.17) is 0 Å². The van der Waals surface area contributed by atoms with Crippen molar-refractivity contribution in [1.29, 1.82) is 0 Å². The number of hydrogen-bond acceptors (Lipinski definition) is 3. The molecule has 1 heterocycles. The van der Waals surface area contributed by atoms with Crippen molar-refractivity contribution in [3.8, 4) is 0 Å². The van der Waals surface area contributed by atoms with Crippen molar-refractivity contribution in [2.24, 2.45) is 11.8 Å². The van der Waals surface area contributed by atoms with Crippen LogP contribution in [-0.2, 0) is 9.59 Å². The number of carbonyl (C=O) groups is 2. The molecule has 24 heavy (non-hydrogen) atoms. The summed E-state index contributed by atoms with van der Waals surface area (Å²) < 4.78 is 0. The van der Waals surface area contributed by atoms with Gasteiger partial charge in [0.1, 0.15) is 5.78 Å². The third kappa shape index (κ3) is 3.25. The highest BCUT2D eigenvalue weighted by Crippen LogP contribution is 2.49. The van der Waals surface area contributed by atoms with E-state index in [1.165, 1.54) is 11.1 Å². The number of rotatable bonds is 5. The molecule has 4 rings (SSSR count). The van der Waals surface area contributed by atoms with Crippen molar-refractivity contribution in [1.82, 2.24) is 9.80 Å². The molecule has 4 nitrogen and oxygen atoms in total. The Morgan fingerprint density at radius 3 is 2.46 bits per heavy atom. The van der Waals surface area contributed by atoms with Crippen LogP contribution in [0, 0.1) is 18.8 Å². The molecule has 0 spiro atoms. The molecule has 2 aliphatic carbocycles. The van der Waals surface area contributed by atoms with Crippen LogP contribution in [0.15, 0.2) is 24.3 Å². The summed E-state index contributed by atoms with van der Waals surface area (Å²) in [7, 11) is 0. The molecule has 4 heteroatoms. The van der Waals surface area contributed by atoms with E-state index in [1.807, 2.05) is 4.90 Å². The van der Waals surface area contributed by atoms with Crippen LogP contribution >= 0.6 is 0 Å². The van der Waals surface area contributed by atoms with E-state index in [0.29, 0.717) is 30.1 Å². The summed E-state index contributed by atoms with van der Waals surface area (Å²) in [5.41, 5.74) is 2.63. The van der Waals surface area contributed by atoms with Gasteiger partial charge in [-0.3, -0.25) is 14.5 Å². The lowest BCUT2D eigenvalue weighted by Crippen LogP contribution is -2.50. The first-order valence-electron chi connectivity index (χ1n) is 9.23. The predicted molar refractivity (Wildman–Crippen MR) is 92.8 cm³/mol. The molecule has 1 aromatic carbocycles. The van der Waals surface area contributed by atoms with E-state index in [0.717, 1.165) is 45.4 Å². The third-order valence-corrected chi connectivity index (χ3v) is 5.79. The standard InChI is InChI=1S/C20H26N2O2/c1-14-4-2-3-5-16(14)17-12-18(17)20(24)22-10-8-21(9-11-22)13-19(23)15-6-7-15/h2-5,15,17-18H,6-13H2,1H3/t17-,18-/m1/s1. The SMILES string of the molecule is Cc1ccccc1[C@H]1C[C@H]1C(=O)N1CCN(CC(=O)C2CC2)CC1. The van der Waals surface area contributed by atoms with E-state index in [9.17, 15) is 9.59 Å². The van der Waals surface area contributed by atoms with E-state index < -0.39 is 0 Å². The predicted octanol–water partition coefficient (Wildman–Crippen LogP) is 2.22. The van der Waals surface area contributed by atoms with E-state index in [2.05, 4.69) is 36.1 Å². The average Bonchev–Trinajstić information content (AvgIpc) is 3.48. The number of nitrogens with zero attached hydrogens (tertiary/aromatic N) is 2. The molecular formula is C20H26N2O2. The van der Waals surface area contributed by atoms with Crippen LogP contribution in [0.25, 0.3) is 0 Å². The molecule has 2 saturated carbocycles. The zero-order chi connectivity index (χ0) is 16.7. The number of piperazine rings is 1. The summed E-state index contributed by atoms with van der Waals surface area (Å²) in [4.78, 5) is 28.9. The quantitative estimate of drug-likeness (QED) is 0.833. The minimum atomic E-state index is 0.172. The van der Waals surface area contributed by atoms with Gasteiger partial charge < -0.3 is 4.90 Å². The maximum atomic E-state index is 12.7. The second kappa shape index (κ2) is 6.32. The van der Waals surface area contributed by atoms with Gasteiger partial charge in [-0.15, -0.1) is 0 Å².